The summed E-state index contributed by atoms with van der Waals surface area (Å²) in [4.78, 5) is 7.83. The van der Waals surface area contributed by atoms with Gasteiger partial charge in [0, 0.05) is 12.7 Å². The first-order valence-electron chi connectivity index (χ1n) is 4.61. The fourth-order valence-corrected chi connectivity index (χ4v) is 1.05. The van der Waals surface area contributed by atoms with Crippen molar-refractivity contribution in [1.82, 2.24) is 15.3 Å². The average molecular weight is 235 g/mol. The van der Waals surface area contributed by atoms with Crippen LogP contribution in [0.2, 0.25) is 0 Å². The highest BCUT2D eigenvalue weighted by Gasteiger charge is 2.27. The zero-order valence-electron chi connectivity index (χ0n) is 8.71. The normalized spacial score (nSPS) is 11.8. The van der Waals surface area contributed by atoms with Crippen molar-refractivity contribution in [2.24, 2.45) is 0 Å². The lowest BCUT2D eigenvalue weighted by Gasteiger charge is -2.07. The Morgan fingerprint density at radius 2 is 2.19 bits per heavy atom. The van der Waals surface area contributed by atoms with Gasteiger partial charge in [-0.15, -0.1) is 0 Å². The third kappa shape index (κ3) is 5.04. The summed E-state index contributed by atoms with van der Waals surface area (Å²) in [5.41, 5.74) is 0.711. The van der Waals surface area contributed by atoms with Crippen LogP contribution in [-0.4, -0.2) is 29.8 Å². The number of nitrogens with zero attached hydrogens (tertiary/aromatic N) is 2. The van der Waals surface area contributed by atoms with Crippen molar-refractivity contribution in [3.63, 3.8) is 0 Å². The fourth-order valence-electron chi connectivity index (χ4n) is 1.05. The van der Waals surface area contributed by atoms with E-state index in [0.29, 0.717) is 12.2 Å². The van der Waals surface area contributed by atoms with E-state index in [-0.39, 0.29) is 12.4 Å². The second-order valence-corrected chi connectivity index (χ2v) is 3.10. The lowest BCUT2D eigenvalue weighted by atomic mass is 10.4. The van der Waals surface area contributed by atoms with Crippen LogP contribution in [0.4, 0.5) is 13.2 Å². The van der Waals surface area contributed by atoms with Crippen LogP contribution in [0.1, 0.15) is 11.5 Å². The van der Waals surface area contributed by atoms with E-state index in [1.807, 2.05) is 0 Å². The number of hydrogen-bond donors (Lipinski definition) is 1. The van der Waals surface area contributed by atoms with Crippen molar-refractivity contribution in [3.05, 3.63) is 23.8 Å². The van der Waals surface area contributed by atoms with Gasteiger partial charge in [-0.05, 0) is 13.1 Å². The van der Waals surface area contributed by atoms with Gasteiger partial charge in [-0.25, -0.2) is 9.97 Å². The molecule has 1 aromatic rings. The van der Waals surface area contributed by atoms with Crippen LogP contribution in [0.5, 0.6) is 0 Å². The van der Waals surface area contributed by atoms with Crippen molar-refractivity contribution in [1.29, 1.82) is 0 Å². The molecule has 0 radical (unpaired) electrons. The predicted octanol–water partition coefficient (Wildman–Crippen LogP) is 1.27. The largest absolute Gasteiger partial charge is 0.411 e. The molecule has 0 aliphatic carbocycles. The molecular formula is C9H12F3N3O. The van der Waals surface area contributed by atoms with Crippen molar-refractivity contribution in [3.8, 4) is 0 Å². The van der Waals surface area contributed by atoms with Crippen LogP contribution in [0.25, 0.3) is 0 Å². The second kappa shape index (κ2) is 5.76. The maximum atomic E-state index is 11.8. The Labute approximate surface area is 90.9 Å². The topological polar surface area (TPSA) is 47.0 Å². The Balaban J connectivity index is 2.44. The summed E-state index contributed by atoms with van der Waals surface area (Å²) in [7, 11) is 1.75. The molecule has 0 amide bonds. The lowest BCUT2D eigenvalue weighted by Crippen LogP contribution is -2.17. The number of halogens is 3. The summed E-state index contributed by atoms with van der Waals surface area (Å²) in [5, 5.41) is 2.88. The molecule has 0 unspecified atom stereocenters. The Hall–Kier alpha value is -1.21. The van der Waals surface area contributed by atoms with E-state index in [2.05, 4.69) is 20.0 Å². The first kappa shape index (κ1) is 12.9. The summed E-state index contributed by atoms with van der Waals surface area (Å²) in [6.07, 6.45) is -2.82. The highest BCUT2D eigenvalue weighted by Crippen LogP contribution is 2.14. The molecule has 0 bridgehead atoms. The van der Waals surface area contributed by atoms with Gasteiger partial charge in [0.05, 0.1) is 5.69 Å². The van der Waals surface area contributed by atoms with Gasteiger partial charge in [0.15, 0.2) is 5.82 Å². The Bertz CT molecular complexity index is 330. The van der Waals surface area contributed by atoms with E-state index < -0.39 is 12.8 Å². The molecule has 7 heteroatoms. The molecule has 4 nitrogen and oxygen atoms in total. The molecule has 1 aromatic heterocycles. The minimum atomic E-state index is -4.32. The fraction of sp³-hybridized carbons (Fsp3) is 0.556. The maximum Gasteiger partial charge on any atom is 0.411 e. The molecule has 1 heterocycles. The Kier molecular flexibility index (Phi) is 4.63. The molecule has 0 atom stereocenters. The van der Waals surface area contributed by atoms with Gasteiger partial charge in [-0.1, -0.05) is 0 Å². The third-order valence-electron chi connectivity index (χ3n) is 1.62. The van der Waals surface area contributed by atoms with E-state index in [4.69, 9.17) is 0 Å². The molecule has 90 valence electrons. The number of rotatable bonds is 5. The van der Waals surface area contributed by atoms with Crippen LogP contribution in [-0.2, 0) is 17.9 Å². The van der Waals surface area contributed by atoms with Crippen molar-refractivity contribution >= 4 is 0 Å². The van der Waals surface area contributed by atoms with E-state index in [0.717, 1.165) is 0 Å². The molecule has 0 saturated carbocycles. The first-order valence-corrected chi connectivity index (χ1v) is 4.61. The smallest absolute Gasteiger partial charge is 0.364 e. The van der Waals surface area contributed by atoms with Crippen LogP contribution in [0, 0.1) is 0 Å². The standard InChI is InChI=1S/C9H12F3N3O/c1-13-4-7-2-3-14-8(15-7)5-16-6-9(10,11)12/h2-3,13H,4-6H2,1H3. The molecule has 0 aromatic carbocycles. The van der Waals surface area contributed by atoms with Gasteiger partial charge in [0.25, 0.3) is 0 Å². The number of aromatic nitrogens is 2. The average Bonchev–Trinajstić information content (AvgIpc) is 2.17. The number of hydrogen-bond acceptors (Lipinski definition) is 4. The maximum absolute atomic E-state index is 11.8. The molecule has 1 N–H and O–H groups in total. The Morgan fingerprint density at radius 1 is 1.44 bits per heavy atom. The first-order chi connectivity index (χ1) is 7.51. The number of ether oxygens (including phenoxy) is 1. The molecule has 0 fully saturated rings. The van der Waals surface area contributed by atoms with Crippen LogP contribution >= 0.6 is 0 Å². The van der Waals surface area contributed by atoms with E-state index in [1.54, 1.807) is 13.1 Å². The van der Waals surface area contributed by atoms with Crippen molar-refractivity contribution < 1.29 is 17.9 Å². The molecule has 0 spiro atoms. The predicted molar refractivity (Wildman–Crippen MR) is 50.5 cm³/mol. The van der Waals surface area contributed by atoms with Gasteiger partial charge in [-0.3, -0.25) is 0 Å². The molecule has 1 rings (SSSR count). The van der Waals surface area contributed by atoms with Gasteiger partial charge in [-0.2, -0.15) is 13.2 Å². The zero-order chi connectivity index (χ0) is 12.0. The summed E-state index contributed by atoms with van der Waals surface area (Å²) in [5.74, 6) is 0.247. The van der Waals surface area contributed by atoms with E-state index in [1.165, 1.54) is 6.20 Å². The Morgan fingerprint density at radius 3 is 2.81 bits per heavy atom. The van der Waals surface area contributed by atoms with Gasteiger partial charge in [0.2, 0.25) is 0 Å². The van der Waals surface area contributed by atoms with Crippen LogP contribution < -0.4 is 5.32 Å². The minimum Gasteiger partial charge on any atom is -0.364 e. The molecule has 16 heavy (non-hydrogen) atoms. The lowest BCUT2D eigenvalue weighted by molar-refractivity contribution is -0.177. The molecule has 0 saturated heterocycles. The van der Waals surface area contributed by atoms with Gasteiger partial charge in [0.1, 0.15) is 13.2 Å². The zero-order valence-corrected chi connectivity index (χ0v) is 8.71. The second-order valence-electron chi connectivity index (χ2n) is 3.10. The highest BCUT2D eigenvalue weighted by molar-refractivity contribution is 5.01. The van der Waals surface area contributed by atoms with Crippen molar-refractivity contribution in [2.45, 2.75) is 19.3 Å². The summed E-state index contributed by atoms with van der Waals surface area (Å²) < 4.78 is 39.8. The molecular weight excluding hydrogens is 223 g/mol. The highest BCUT2D eigenvalue weighted by atomic mass is 19.4. The summed E-state index contributed by atoms with van der Waals surface area (Å²) >= 11 is 0. The third-order valence-corrected chi connectivity index (χ3v) is 1.62. The summed E-state index contributed by atoms with van der Waals surface area (Å²) in [6.45, 7) is -0.988. The monoisotopic (exact) mass is 235 g/mol. The number of alkyl halides is 3. The molecule has 0 aliphatic rings. The molecule has 0 aliphatic heterocycles. The van der Waals surface area contributed by atoms with Gasteiger partial charge >= 0.3 is 6.18 Å². The summed E-state index contributed by atoms with van der Waals surface area (Å²) in [6, 6.07) is 1.68. The quantitative estimate of drug-likeness (QED) is 0.835. The van der Waals surface area contributed by atoms with Crippen molar-refractivity contribution in [2.75, 3.05) is 13.7 Å². The van der Waals surface area contributed by atoms with Gasteiger partial charge < -0.3 is 10.1 Å². The number of nitrogens with one attached hydrogen (secondary N) is 1. The van der Waals surface area contributed by atoms with Crippen LogP contribution in [0.3, 0.4) is 0 Å². The minimum absolute atomic E-state index is 0.239. The van der Waals surface area contributed by atoms with Crippen LogP contribution in [0.15, 0.2) is 12.3 Å². The van der Waals surface area contributed by atoms with E-state index >= 15 is 0 Å². The van der Waals surface area contributed by atoms with E-state index in [9.17, 15) is 13.2 Å². The SMILES string of the molecule is CNCc1ccnc(COCC(F)(F)F)n1.